The van der Waals surface area contributed by atoms with E-state index in [1.807, 2.05) is 12.1 Å². The monoisotopic (exact) mass is 236 g/mol. The van der Waals surface area contributed by atoms with E-state index in [0.29, 0.717) is 0 Å². The van der Waals surface area contributed by atoms with Crippen molar-refractivity contribution in [2.45, 2.75) is 0 Å². The highest BCUT2D eigenvalue weighted by atomic mass is 32.2. The number of anilines is 1. The van der Waals surface area contributed by atoms with E-state index < -0.39 is 10.2 Å². The van der Waals surface area contributed by atoms with Gasteiger partial charge in [0.05, 0.1) is 16.8 Å². The molecule has 1 rings (SSSR count). The van der Waals surface area contributed by atoms with E-state index in [1.165, 1.54) is 25.2 Å². The lowest BCUT2D eigenvalue weighted by atomic mass is 10.1. The summed E-state index contributed by atoms with van der Waals surface area (Å²) in [6, 6.07) is 7.74. The van der Waals surface area contributed by atoms with Crippen molar-refractivity contribution in [1.29, 1.82) is 10.5 Å². The predicted octanol–water partition coefficient (Wildman–Crippen LogP) is 0.306. The molecule has 2 N–H and O–H groups in total. The summed E-state index contributed by atoms with van der Waals surface area (Å²) in [4.78, 5) is 0. The van der Waals surface area contributed by atoms with Crippen molar-refractivity contribution < 1.29 is 8.42 Å². The molecule has 7 heteroatoms. The van der Waals surface area contributed by atoms with Crippen LogP contribution in [0.1, 0.15) is 11.1 Å². The van der Waals surface area contributed by atoms with Crippen LogP contribution in [0.15, 0.2) is 18.2 Å². The molecular formula is C9H8N4O2S. The van der Waals surface area contributed by atoms with Crippen molar-refractivity contribution in [2.75, 3.05) is 11.8 Å². The SMILES string of the molecule is CNS(=O)(=O)Nc1ccc(C#N)c(C#N)c1. The van der Waals surface area contributed by atoms with Crippen molar-refractivity contribution in [1.82, 2.24) is 4.72 Å². The molecule has 0 fully saturated rings. The topological polar surface area (TPSA) is 106 Å². The highest BCUT2D eigenvalue weighted by molar-refractivity contribution is 7.90. The lowest BCUT2D eigenvalue weighted by Crippen LogP contribution is -2.26. The molecule has 0 aromatic heterocycles. The van der Waals surface area contributed by atoms with Crippen LogP contribution in [0, 0.1) is 22.7 Å². The smallest absolute Gasteiger partial charge is 0.271 e. The summed E-state index contributed by atoms with van der Waals surface area (Å²) in [6.45, 7) is 0. The molecule has 6 nitrogen and oxygen atoms in total. The third kappa shape index (κ3) is 2.70. The van der Waals surface area contributed by atoms with Gasteiger partial charge < -0.3 is 0 Å². The Hall–Kier alpha value is -2.09. The summed E-state index contributed by atoms with van der Waals surface area (Å²) >= 11 is 0. The maximum atomic E-state index is 11.2. The Bertz CT molecular complexity index is 581. The highest BCUT2D eigenvalue weighted by Gasteiger charge is 2.08. The summed E-state index contributed by atoms with van der Waals surface area (Å²) in [5, 5.41) is 17.4. The third-order valence-corrected chi connectivity index (χ3v) is 2.82. The molecule has 0 radical (unpaired) electrons. The first-order valence-corrected chi connectivity index (χ1v) is 5.66. The fraction of sp³-hybridized carbons (Fsp3) is 0.111. The number of nitrogens with zero attached hydrogens (tertiary/aromatic N) is 2. The van der Waals surface area contributed by atoms with Crippen molar-refractivity contribution >= 4 is 15.9 Å². The second-order valence-electron chi connectivity index (χ2n) is 2.79. The van der Waals surface area contributed by atoms with Gasteiger partial charge in [-0.1, -0.05) is 0 Å². The fourth-order valence-corrected chi connectivity index (χ4v) is 1.54. The molecule has 0 amide bonds. The average molecular weight is 236 g/mol. The fourth-order valence-electron chi connectivity index (χ4n) is 1.00. The molecule has 0 spiro atoms. The molecule has 1 aromatic carbocycles. The second-order valence-corrected chi connectivity index (χ2v) is 4.41. The molecule has 0 heterocycles. The Morgan fingerprint density at radius 2 is 1.81 bits per heavy atom. The van der Waals surface area contributed by atoms with Gasteiger partial charge >= 0.3 is 0 Å². The largest absolute Gasteiger partial charge is 0.298 e. The zero-order valence-electron chi connectivity index (χ0n) is 8.35. The molecular weight excluding hydrogens is 228 g/mol. The van der Waals surface area contributed by atoms with Crippen molar-refractivity contribution in [3.63, 3.8) is 0 Å². The molecule has 0 aliphatic heterocycles. The first-order valence-electron chi connectivity index (χ1n) is 4.18. The van der Waals surface area contributed by atoms with Gasteiger partial charge in [0.15, 0.2) is 0 Å². The van der Waals surface area contributed by atoms with E-state index >= 15 is 0 Å². The minimum atomic E-state index is -3.61. The van der Waals surface area contributed by atoms with Crippen LogP contribution in [0.3, 0.4) is 0 Å². The molecule has 0 aliphatic rings. The van der Waals surface area contributed by atoms with Crippen LogP contribution in [0.25, 0.3) is 0 Å². The van der Waals surface area contributed by atoms with E-state index in [4.69, 9.17) is 10.5 Å². The number of nitriles is 2. The Labute approximate surface area is 93.3 Å². The lowest BCUT2D eigenvalue weighted by Gasteiger charge is -2.06. The Morgan fingerprint density at radius 3 is 2.31 bits per heavy atom. The van der Waals surface area contributed by atoms with Crippen molar-refractivity contribution in [3.05, 3.63) is 29.3 Å². The van der Waals surface area contributed by atoms with Crippen molar-refractivity contribution in [2.24, 2.45) is 0 Å². The van der Waals surface area contributed by atoms with Crippen LogP contribution >= 0.6 is 0 Å². The van der Waals surface area contributed by atoms with Gasteiger partial charge in [0.25, 0.3) is 10.2 Å². The van der Waals surface area contributed by atoms with Gasteiger partial charge in [-0.2, -0.15) is 18.9 Å². The minimum Gasteiger partial charge on any atom is -0.271 e. The van der Waals surface area contributed by atoms with Gasteiger partial charge in [-0.25, -0.2) is 4.72 Å². The molecule has 0 atom stereocenters. The molecule has 0 unspecified atom stereocenters. The average Bonchev–Trinajstić information content (AvgIpc) is 2.28. The summed E-state index contributed by atoms with van der Waals surface area (Å²) in [5.74, 6) is 0. The number of nitrogens with one attached hydrogen (secondary N) is 2. The number of hydrogen-bond donors (Lipinski definition) is 2. The number of hydrogen-bond acceptors (Lipinski definition) is 4. The standard InChI is InChI=1S/C9H8N4O2S/c1-12-16(14,15)13-9-3-2-7(5-10)8(4-9)6-11/h2-4,12-13H,1H3. The zero-order chi connectivity index (χ0) is 12.2. The first-order chi connectivity index (χ1) is 7.52. The number of rotatable bonds is 3. The van der Waals surface area contributed by atoms with Gasteiger partial charge in [0, 0.05) is 7.05 Å². The summed E-state index contributed by atoms with van der Waals surface area (Å²) in [7, 11) is -2.35. The third-order valence-electron chi connectivity index (χ3n) is 1.78. The van der Waals surface area contributed by atoms with E-state index in [2.05, 4.69) is 9.44 Å². The lowest BCUT2D eigenvalue weighted by molar-refractivity contribution is 0.593. The quantitative estimate of drug-likeness (QED) is 0.787. The van der Waals surface area contributed by atoms with Gasteiger partial charge in [-0.15, -0.1) is 0 Å². The number of benzene rings is 1. The Morgan fingerprint density at radius 1 is 1.19 bits per heavy atom. The van der Waals surface area contributed by atoms with Crippen LogP contribution in [0.4, 0.5) is 5.69 Å². The van der Waals surface area contributed by atoms with Crippen LogP contribution < -0.4 is 9.44 Å². The van der Waals surface area contributed by atoms with Gasteiger partial charge in [-0.05, 0) is 18.2 Å². The normalized spacial score (nSPS) is 10.2. The van der Waals surface area contributed by atoms with Crippen LogP contribution in [-0.4, -0.2) is 15.5 Å². The molecule has 0 aliphatic carbocycles. The van der Waals surface area contributed by atoms with E-state index in [-0.39, 0.29) is 16.8 Å². The van der Waals surface area contributed by atoms with Crippen LogP contribution in [0.5, 0.6) is 0 Å². The molecule has 16 heavy (non-hydrogen) atoms. The van der Waals surface area contributed by atoms with Crippen molar-refractivity contribution in [3.8, 4) is 12.1 Å². The molecule has 0 saturated heterocycles. The van der Waals surface area contributed by atoms with E-state index in [9.17, 15) is 8.42 Å². The first kappa shape index (κ1) is 12.0. The molecule has 0 bridgehead atoms. The molecule has 82 valence electrons. The zero-order valence-corrected chi connectivity index (χ0v) is 9.17. The maximum absolute atomic E-state index is 11.2. The van der Waals surface area contributed by atoms with Gasteiger partial charge in [-0.3, -0.25) is 4.72 Å². The maximum Gasteiger partial charge on any atom is 0.298 e. The van der Waals surface area contributed by atoms with Crippen LogP contribution in [-0.2, 0) is 10.2 Å². The van der Waals surface area contributed by atoms with Crippen LogP contribution in [0.2, 0.25) is 0 Å². The van der Waals surface area contributed by atoms with Gasteiger partial charge in [0.1, 0.15) is 12.1 Å². The van der Waals surface area contributed by atoms with E-state index in [0.717, 1.165) is 0 Å². The minimum absolute atomic E-state index is 0.124. The highest BCUT2D eigenvalue weighted by Crippen LogP contribution is 2.15. The Kier molecular flexibility index (Phi) is 3.46. The summed E-state index contributed by atoms with van der Waals surface area (Å²) in [6.07, 6.45) is 0. The summed E-state index contributed by atoms with van der Waals surface area (Å²) < 4.78 is 26.6. The van der Waals surface area contributed by atoms with E-state index in [1.54, 1.807) is 0 Å². The summed E-state index contributed by atoms with van der Waals surface area (Å²) in [5.41, 5.74) is 0.554. The second kappa shape index (κ2) is 4.62. The Balaban J connectivity index is 3.13. The molecule has 1 aromatic rings. The predicted molar refractivity (Wildman–Crippen MR) is 57.5 cm³/mol. The molecule has 0 saturated carbocycles. The van der Waals surface area contributed by atoms with Gasteiger partial charge in [0.2, 0.25) is 0 Å².